The largest absolute Gasteiger partial charge is 0.493 e. The van der Waals surface area contributed by atoms with Crippen molar-refractivity contribution in [3.05, 3.63) is 76.6 Å². The molecule has 3 saturated heterocycles. The van der Waals surface area contributed by atoms with Crippen LogP contribution in [0.5, 0.6) is 5.75 Å². The molecule has 6 rings (SSSR count). The molecule has 10 heteroatoms. The van der Waals surface area contributed by atoms with Crippen molar-refractivity contribution < 1.29 is 33.5 Å². The minimum Gasteiger partial charge on any atom is -0.493 e. The van der Waals surface area contributed by atoms with Gasteiger partial charge in [-0.2, -0.15) is 0 Å². The summed E-state index contributed by atoms with van der Waals surface area (Å²) in [5, 5.41) is 23.2. The highest BCUT2D eigenvalue weighted by Gasteiger charge is 2.77. The first-order valence-electron chi connectivity index (χ1n) is 12.0. The molecule has 3 aliphatic rings. The fraction of sp³-hybridized carbons (Fsp3) is 0.333. The number of anilines is 1. The highest BCUT2D eigenvalue weighted by molar-refractivity contribution is 6.26. The van der Waals surface area contributed by atoms with Gasteiger partial charge in [0.25, 0.3) is 5.69 Å². The van der Waals surface area contributed by atoms with Crippen LogP contribution in [0.4, 0.5) is 15.8 Å². The first kappa shape index (κ1) is 23.5. The number of fused-ring (bicyclic) bond motifs is 6. The van der Waals surface area contributed by atoms with Crippen LogP contribution in [-0.4, -0.2) is 45.8 Å². The van der Waals surface area contributed by atoms with E-state index in [1.165, 1.54) is 36.4 Å². The van der Waals surface area contributed by atoms with Gasteiger partial charge in [0.2, 0.25) is 11.8 Å². The van der Waals surface area contributed by atoms with Crippen molar-refractivity contribution in [2.45, 2.75) is 37.1 Å². The van der Waals surface area contributed by atoms with Gasteiger partial charge in [0.1, 0.15) is 17.2 Å². The van der Waals surface area contributed by atoms with Crippen molar-refractivity contribution in [2.75, 3.05) is 11.5 Å². The average molecular weight is 506 g/mol. The van der Waals surface area contributed by atoms with Gasteiger partial charge in [-0.15, -0.1) is 0 Å². The first-order chi connectivity index (χ1) is 17.7. The van der Waals surface area contributed by atoms with Crippen molar-refractivity contribution in [3.8, 4) is 5.75 Å². The summed E-state index contributed by atoms with van der Waals surface area (Å²) in [6, 6.07) is 14.8. The lowest BCUT2D eigenvalue weighted by Crippen LogP contribution is -2.49. The number of rotatable bonds is 6. The molecule has 3 aromatic rings. The third-order valence-electron chi connectivity index (χ3n) is 8.04. The van der Waals surface area contributed by atoms with E-state index in [9.17, 15) is 29.2 Å². The third-order valence-corrected chi connectivity index (χ3v) is 8.04. The number of aliphatic hydroxyl groups excluding tert-OH is 1. The molecule has 0 saturated carbocycles. The molecule has 190 valence electrons. The van der Waals surface area contributed by atoms with E-state index in [1.807, 2.05) is 0 Å². The summed E-state index contributed by atoms with van der Waals surface area (Å²) in [5.74, 6) is -2.68. The molecule has 0 spiro atoms. The number of imide groups is 1. The van der Waals surface area contributed by atoms with E-state index in [0.717, 1.165) is 4.90 Å². The van der Waals surface area contributed by atoms with Crippen LogP contribution in [0.1, 0.15) is 19.8 Å². The van der Waals surface area contributed by atoms with E-state index in [-0.39, 0.29) is 30.8 Å². The summed E-state index contributed by atoms with van der Waals surface area (Å²) in [5.41, 5.74) is -2.25. The van der Waals surface area contributed by atoms with Crippen LogP contribution >= 0.6 is 0 Å². The van der Waals surface area contributed by atoms with Gasteiger partial charge in [0.15, 0.2) is 0 Å². The Balaban J connectivity index is 1.36. The SMILES string of the molecule is C[C@]12O[C@](CCOc3ccc(F)cc3)(C[C@@H]1O)[C@H]1C(=O)N(c3ccc([N+](=O)[O-])c4ccccc34)C(=O)[C@H]12. The van der Waals surface area contributed by atoms with Crippen molar-refractivity contribution >= 4 is 34.0 Å². The summed E-state index contributed by atoms with van der Waals surface area (Å²) >= 11 is 0. The second kappa shape index (κ2) is 8.06. The lowest BCUT2D eigenvalue weighted by Gasteiger charge is -2.33. The summed E-state index contributed by atoms with van der Waals surface area (Å²) < 4.78 is 25.3. The fourth-order valence-electron chi connectivity index (χ4n) is 6.36. The zero-order chi connectivity index (χ0) is 26.1. The van der Waals surface area contributed by atoms with E-state index in [0.29, 0.717) is 16.5 Å². The zero-order valence-corrected chi connectivity index (χ0v) is 19.8. The Kier molecular flexibility index (Phi) is 5.12. The number of aliphatic hydroxyl groups is 1. The van der Waals surface area contributed by atoms with Gasteiger partial charge in [0, 0.05) is 24.3 Å². The molecule has 2 bridgehead atoms. The molecule has 3 aromatic carbocycles. The molecule has 3 fully saturated rings. The van der Waals surface area contributed by atoms with Crippen LogP contribution in [0.25, 0.3) is 10.8 Å². The van der Waals surface area contributed by atoms with Crippen LogP contribution in [0.3, 0.4) is 0 Å². The predicted octanol–water partition coefficient (Wildman–Crippen LogP) is 3.75. The Hall–Kier alpha value is -3.89. The Labute approximate surface area is 210 Å². The fourth-order valence-corrected chi connectivity index (χ4v) is 6.36. The van der Waals surface area contributed by atoms with Gasteiger partial charge in [-0.1, -0.05) is 18.2 Å². The maximum absolute atomic E-state index is 13.9. The molecule has 5 atom stereocenters. The topological polar surface area (TPSA) is 119 Å². The number of amides is 2. The molecular formula is C27H23FN2O7. The third kappa shape index (κ3) is 3.29. The number of hydrogen-bond acceptors (Lipinski definition) is 7. The van der Waals surface area contributed by atoms with Gasteiger partial charge < -0.3 is 14.6 Å². The number of hydrogen-bond donors (Lipinski definition) is 1. The van der Waals surface area contributed by atoms with Crippen molar-refractivity contribution in [3.63, 3.8) is 0 Å². The lowest BCUT2D eigenvalue weighted by molar-refractivity contribution is -0.383. The summed E-state index contributed by atoms with van der Waals surface area (Å²) in [6.07, 6.45) is -0.581. The molecule has 0 aromatic heterocycles. The van der Waals surface area contributed by atoms with E-state index in [2.05, 4.69) is 0 Å². The molecule has 37 heavy (non-hydrogen) atoms. The van der Waals surface area contributed by atoms with Crippen molar-refractivity contribution in [2.24, 2.45) is 11.8 Å². The van der Waals surface area contributed by atoms with Gasteiger partial charge >= 0.3 is 0 Å². The Morgan fingerprint density at radius 1 is 1.08 bits per heavy atom. The molecule has 9 nitrogen and oxygen atoms in total. The zero-order valence-electron chi connectivity index (χ0n) is 19.8. The van der Waals surface area contributed by atoms with Crippen molar-refractivity contribution in [1.82, 2.24) is 0 Å². The highest BCUT2D eigenvalue weighted by atomic mass is 19.1. The Morgan fingerprint density at radius 3 is 2.46 bits per heavy atom. The number of carbonyl (C=O) groups is 2. The van der Waals surface area contributed by atoms with Gasteiger partial charge in [-0.3, -0.25) is 19.7 Å². The number of ether oxygens (including phenoxy) is 2. The van der Waals surface area contributed by atoms with Crippen LogP contribution in [0, 0.1) is 27.8 Å². The molecule has 2 amide bonds. The van der Waals surface area contributed by atoms with E-state index < -0.39 is 51.7 Å². The second-order valence-corrected chi connectivity index (χ2v) is 10.00. The average Bonchev–Trinajstić information content (AvgIpc) is 3.40. The molecular weight excluding hydrogens is 483 g/mol. The second-order valence-electron chi connectivity index (χ2n) is 10.00. The highest BCUT2D eigenvalue weighted by Crippen LogP contribution is 2.62. The van der Waals surface area contributed by atoms with Gasteiger partial charge in [0.05, 0.1) is 46.1 Å². The lowest BCUT2D eigenvalue weighted by atomic mass is 9.66. The monoisotopic (exact) mass is 506 g/mol. The molecule has 0 unspecified atom stereocenters. The number of nitrogens with zero attached hydrogens (tertiary/aromatic N) is 2. The van der Waals surface area contributed by atoms with Crippen LogP contribution in [0.2, 0.25) is 0 Å². The Morgan fingerprint density at radius 2 is 1.76 bits per heavy atom. The molecule has 0 radical (unpaired) electrons. The standard InChI is InChI=1S/C27H23FN2O7/c1-26-21(31)14-27(37-26,12-13-36-16-8-6-15(28)7-9-16)23-22(26)24(32)29(25(23)33)19-10-11-20(30(34)35)18-5-3-2-4-17(18)19/h2-11,21-23,31H,12-14H2,1H3/t21-,22-,23+,26-,27+/m0/s1. The van der Waals surface area contributed by atoms with Crippen LogP contribution in [-0.2, 0) is 14.3 Å². The van der Waals surface area contributed by atoms with E-state index in [4.69, 9.17) is 9.47 Å². The minimum atomic E-state index is -1.27. The van der Waals surface area contributed by atoms with Crippen molar-refractivity contribution in [1.29, 1.82) is 0 Å². The maximum atomic E-state index is 13.9. The number of carbonyl (C=O) groups excluding carboxylic acids is 2. The van der Waals surface area contributed by atoms with E-state index >= 15 is 0 Å². The van der Waals surface area contributed by atoms with Gasteiger partial charge in [-0.25, -0.2) is 9.29 Å². The number of halogens is 1. The van der Waals surface area contributed by atoms with Crippen LogP contribution in [0.15, 0.2) is 60.7 Å². The minimum absolute atomic E-state index is 0.125. The van der Waals surface area contributed by atoms with E-state index in [1.54, 1.807) is 31.2 Å². The smallest absolute Gasteiger partial charge is 0.277 e. The molecule has 1 N–H and O–H groups in total. The van der Waals surface area contributed by atoms with Crippen LogP contribution < -0.4 is 9.64 Å². The first-order valence-corrected chi connectivity index (χ1v) is 12.0. The molecule has 3 aliphatic heterocycles. The Bertz CT molecular complexity index is 1460. The summed E-state index contributed by atoms with van der Waals surface area (Å²) in [4.78, 5) is 39.8. The number of non-ortho nitro benzene ring substituents is 1. The molecule has 0 aliphatic carbocycles. The number of benzene rings is 3. The maximum Gasteiger partial charge on any atom is 0.277 e. The number of nitro groups is 1. The predicted molar refractivity (Wildman–Crippen MR) is 129 cm³/mol. The van der Waals surface area contributed by atoms with Gasteiger partial charge in [-0.05, 0) is 43.3 Å². The normalized spacial score (nSPS) is 30.2. The molecule has 3 heterocycles. The quantitative estimate of drug-likeness (QED) is 0.307. The summed E-state index contributed by atoms with van der Waals surface area (Å²) in [7, 11) is 0. The summed E-state index contributed by atoms with van der Waals surface area (Å²) in [6.45, 7) is 1.77. The number of nitro benzene ring substituents is 1.